The van der Waals surface area contributed by atoms with Crippen molar-refractivity contribution < 1.29 is 14.3 Å². The molecule has 0 radical (unpaired) electrons. The molecule has 1 saturated carbocycles. The second kappa shape index (κ2) is 7.84. The quantitative estimate of drug-likeness (QED) is 0.789. The number of pyridine rings is 1. The molecule has 1 saturated heterocycles. The van der Waals surface area contributed by atoms with Crippen LogP contribution in [0.15, 0.2) is 12.3 Å². The number of hydrogen-bond acceptors (Lipinski definition) is 5. The number of carbonyl (C=O) groups is 2. The molecule has 7 heteroatoms. The Bertz CT molecular complexity index is 785. The van der Waals surface area contributed by atoms with E-state index in [1.165, 1.54) is 12.8 Å². The first-order valence-electron chi connectivity index (χ1n) is 10.5. The van der Waals surface area contributed by atoms with Crippen LogP contribution in [0.5, 0.6) is 0 Å². The van der Waals surface area contributed by atoms with Crippen LogP contribution in [0, 0.1) is 12.8 Å². The number of aromatic nitrogens is 1. The standard InChI is InChI=1S/C22H34N4O3/c1-14-11-18(17(12-23-14)19(27)24-15(2)16-7-8-16)26-10-9-22(6,13-26)25-20(28)29-21(3,4)5/h11-12,15-16H,7-10,13H2,1-6H3,(H,24,27)(H,25,28)/t15-,22-/m0/s1. The molecule has 1 aromatic heterocycles. The van der Waals surface area contributed by atoms with E-state index >= 15 is 0 Å². The molecule has 2 amide bonds. The van der Waals surface area contributed by atoms with Crippen molar-refractivity contribution in [3.05, 3.63) is 23.5 Å². The van der Waals surface area contributed by atoms with Crippen LogP contribution in [0.25, 0.3) is 0 Å². The molecule has 3 rings (SSSR count). The average Bonchev–Trinajstić information content (AvgIpc) is 3.36. The maximum atomic E-state index is 12.9. The monoisotopic (exact) mass is 402 g/mol. The molecule has 2 fully saturated rings. The Morgan fingerprint density at radius 1 is 1.34 bits per heavy atom. The van der Waals surface area contributed by atoms with Crippen molar-refractivity contribution in [1.29, 1.82) is 0 Å². The first-order chi connectivity index (χ1) is 13.5. The summed E-state index contributed by atoms with van der Waals surface area (Å²) in [7, 11) is 0. The summed E-state index contributed by atoms with van der Waals surface area (Å²) >= 11 is 0. The fraction of sp³-hybridized carbons (Fsp3) is 0.682. The Hall–Kier alpha value is -2.31. The van der Waals surface area contributed by atoms with Gasteiger partial charge in [0.05, 0.1) is 16.8 Å². The minimum Gasteiger partial charge on any atom is -0.444 e. The maximum absolute atomic E-state index is 12.9. The molecule has 0 bridgehead atoms. The number of carbonyl (C=O) groups excluding carboxylic acids is 2. The topological polar surface area (TPSA) is 83.6 Å². The van der Waals surface area contributed by atoms with Crippen molar-refractivity contribution in [3.63, 3.8) is 0 Å². The fourth-order valence-corrected chi connectivity index (χ4v) is 3.80. The van der Waals surface area contributed by atoms with Crippen molar-refractivity contribution in [3.8, 4) is 0 Å². The number of nitrogens with one attached hydrogen (secondary N) is 2. The van der Waals surface area contributed by atoms with E-state index in [0.29, 0.717) is 18.0 Å². The maximum Gasteiger partial charge on any atom is 0.408 e. The van der Waals surface area contributed by atoms with Crippen LogP contribution < -0.4 is 15.5 Å². The molecule has 0 aromatic carbocycles. The number of ether oxygens (including phenoxy) is 1. The summed E-state index contributed by atoms with van der Waals surface area (Å²) in [5.41, 5.74) is 1.36. The summed E-state index contributed by atoms with van der Waals surface area (Å²) in [5, 5.41) is 6.14. The van der Waals surface area contributed by atoms with E-state index in [2.05, 4.69) is 27.4 Å². The molecule has 1 aromatic rings. The summed E-state index contributed by atoms with van der Waals surface area (Å²) in [6.45, 7) is 12.9. The van der Waals surface area contributed by atoms with Gasteiger partial charge in [0.2, 0.25) is 0 Å². The van der Waals surface area contributed by atoms with E-state index in [4.69, 9.17) is 4.74 Å². The number of amides is 2. The van der Waals surface area contributed by atoms with E-state index in [1.54, 1.807) is 6.20 Å². The molecule has 2 heterocycles. The van der Waals surface area contributed by atoms with Crippen LogP contribution in [0.3, 0.4) is 0 Å². The first kappa shape index (κ1) is 21.4. The predicted molar refractivity (Wildman–Crippen MR) is 113 cm³/mol. The van der Waals surface area contributed by atoms with Gasteiger partial charge in [0.25, 0.3) is 5.91 Å². The van der Waals surface area contributed by atoms with Gasteiger partial charge in [-0.1, -0.05) is 0 Å². The molecule has 1 aliphatic carbocycles. The molecule has 2 atom stereocenters. The van der Waals surface area contributed by atoms with Crippen LogP contribution >= 0.6 is 0 Å². The smallest absolute Gasteiger partial charge is 0.408 e. The fourth-order valence-electron chi connectivity index (χ4n) is 3.80. The summed E-state index contributed by atoms with van der Waals surface area (Å²) in [6.07, 6.45) is 4.38. The van der Waals surface area contributed by atoms with Gasteiger partial charge < -0.3 is 20.3 Å². The van der Waals surface area contributed by atoms with E-state index in [1.807, 2.05) is 40.7 Å². The zero-order chi connectivity index (χ0) is 21.4. The number of alkyl carbamates (subject to hydrolysis) is 1. The van der Waals surface area contributed by atoms with E-state index in [-0.39, 0.29) is 11.9 Å². The zero-order valence-corrected chi connectivity index (χ0v) is 18.5. The molecular weight excluding hydrogens is 368 g/mol. The molecule has 0 unspecified atom stereocenters. The Kier molecular flexibility index (Phi) is 5.79. The van der Waals surface area contributed by atoms with Crippen LogP contribution in [0.2, 0.25) is 0 Å². The van der Waals surface area contributed by atoms with Crippen LogP contribution in [-0.4, -0.2) is 47.3 Å². The third-order valence-corrected chi connectivity index (χ3v) is 5.57. The van der Waals surface area contributed by atoms with Gasteiger partial charge in [-0.05, 0) is 72.8 Å². The molecule has 7 nitrogen and oxygen atoms in total. The normalized spacial score (nSPS) is 22.9. The third-order valence-electron chi connectivity index (χ3n) is 5.57. The SMILES string of the molecule is Cc1cc(N2CC[C@](C)(NC(=O)OC(C)(C)C)C2)c(C(=O)N[C@@H](C)C2CC2)cn1. The molecular formula is C22H34N4O3. The molecule has 0 spiro atoms. The second-order valence-corrected chi connectivity index (χ2v) is 9.80. The highest BCUT2D eigenvalue weighted by Crippen LogP contribution is 2.33. The lowest BCUT2D eigenvalue weighted by atomic mass is 10.0. The largest absolute Gasteiger partial charge is 0.444 e. The van der Waals surface area contributed by atoms with Crippen molar-refractivity contribution in [1.82, 2.24) is 15.6 Å². The van der Waals surface area contributed by atoms with Gasteiger partial charge in [-0.3, -0.25) is 9.78 Å². The lowest BCUT2D eigenvalue weighted by molar-refractivity contribution is 0.0473. The Balaban J connectivity index is 1.72. The molecule has 1 aliphatic heterocycles. The third kappa shape index (κ3) is 5.61. The Morgan fingerprint density at radius 2 is 2.03 bits per heavy atom. The van der Waals surface area contributed by atoms with Gasteiger partial charge in [0.1, 0.15) is 5.60 Å². The highest BCUT2D eigenvalue weighted by atomic mass is 16.6. The van der Waals surface area contributed by atoms with Crippen LogP contribution in [0.1, 0.15) is 69.9 Å². The minimum atomic E-state index is -0.537. The summed E-state index contributed by atoms with van der Waals surface area (Å²) < 4.78 is 5.42. The lowest BCUT2D eigenvalue weighted by Crippen LogP contribution is -2.49. The molecule has 2 N–H and O–H groups in total. The molecule has 2 aliphatic rings. The number of nitrogens with zero attached hydrogens (tertiary/aromatic N) is 2. The highest BCUT2D eigenvalue weighted by molar-refractivity contribution is 5.99. The summed E-state index contributed by atoms with van der Waals surface area (Å²) in [4.78, 5) is 31.7. The number of aryl methyl sites for hydroxylation is 1. The zero-order valence-electron chi connectivity index (χ0n) is 18.5. The molecule has 29 heavy (non-hydrogen) atoms. The van der Waals surface area contributed by atoms with Crippen LogP contribution in [-0.2, 0) is 4.74 Å². The van der Waals surface area contributed by atoms with Crippen molar-refractivity contribution in [2.75, 3.05) is 18.0 Å². The number of anilines is 1. The van der Waals surface area contributed by atoms with Crippen molar-refractivity contribution in [2.24, 2.45) is 5.92 Å². The highest BCUT2D eigenvalue weighted by Gasteiger charge is 2.38. The van der Waals surface area contributed by atoms with Crippen LogP contribution in [0.4, 0.5) is 10.5 Å². The minimum absolute atomic E-state index is 0.0828. The summed E-state index contributed by atoms with van der Waals surface area (Å²) in [6, 6.07) is 2.13. The average molecular weight is 403 g/mol. The van der Waals surface area contributed by atoms with Gasteiger partial charge in [-0.25, -0.2) is 4.79 Å². The Labute approximate surface area is 173 Å². The van der Waals surface area contributed by atoms with Gasteiger partial charge in [-0.15, -0.1) is 0 Å². The van der Waals surface area contributed by atoms with Crippen molar-refractivity contribution >= 4 is 17.7 Å². The Morgan fingerprint density at radius 3 is 2.66 bits per heavy atom. The second-order valence-electron chi connectivity index (χ2n) is 9.80. The summed E-state index contributed by atoms with van der Waals surface area (Å²) in [5.74, 6) is 0.509. The van der Waals surface area contributed by atoms with Gasteiger partial charge >= 0.3 is 6.09 Å². The number of rotatable bonds is 5. The van der Waals surface area contributed by atoms with Crippen molar-refractivity contribution in [2.45, 2.75) is 78.0 Å². The first-order valence-corrected chi connectivity index (χ1v) is 10.5. The van der Waals surface area contributed by atoms with E-state index < -0.39 is 17.2 Å². The predicted octanol–water partition coefficient (Wildman–Crippen LogP) is 3.41. The number of hydrogen-bond donors (Lipinski definition) is 2. The van der Waals surface area contributed by atoms with Gasteiger partial charge in [-0.2, -0.15) is 0 Å². The lowest BCUT2D eigenvalue weighted by Gasteiger charge is -2.29. The van der Waals surface area contributed by atoms with E-state index in [9.17, 15) is 9.59 Å². The molecule has 160 valence electrons. The van der Waals surface area contributed by atoms with E-state index in [0.717, 1.165) is 24.3 Å². The van der Waals surface area contributed by atoms with Gasteiger partial charge in [0.15, 0.2) is 0 Å². The van der Waals surface area contributed by atoms with Gasteiger partial charge in [0, 0.05) is 31.0 Å².